The lowest BCUT2D eigenvalue weighted by atomic mass is 10.2. The third-order valence-electron chi connectivity index (χ3n) is 2.78. The number of carbonyl (C=O) groups is 1. The third-order valence-corrected chi connectivity index (χ3v) is 3.06. The summed E-state index contributed by atoms with van der Waals surface area (Å²) >= 11 is 6.07. The van der Waals surface area contributed by atoms with Crippen molar-refractivity contribution in [3.05, 3.63) is 58.6 Å². The number of rotatable bonds is 6. The van der Waals surface area contributed by atoms with E-state index in [1.165, 1.54) is 12.1 Å². The molecule has 0 aliphatic carbocycles. The summed E-state index contributed by atoms with van der Waals surface area (Å²) < 4.78 is 11.1. The Balaban J connectivity index is 2.28. The molecule has 110 valence electrons. The fraction of sp³-hybridized carbons (Fsp3) is 0.188. The molecule has 0 aliphatic rings. The predicted octanol–water partition coefficient (Wildman–Crippen LogP) is 4.02. The first-order valence-corrected chi connectivity index (χ1v) is 6.86. The van der Waals surface area contributed by atoms with Crippen molar-refractivity contribution in [2.75, 3.05) is 6.61 Å². The fourth-order valence-corrected chi connectivity index (χ4v) is 2.08. The molecule has 2 rings (SSSR count). The SMILES string of the molecule is CCOc1c(Cl)cc(C(=O)O)cc1OCc1ccccc1. The molecule has 0 fully saturated rings. The first-order chi connectivity index (χ1) is 10.1. The average Bonchev–Trinajstić information content (AvgIpc) is 2.48. The van der Waals surface area contributed by atoms with Gasteiger partial charge in [-0.2, -0.15) is 0 Å². The van der Waals surface area contributed by atoms with Crippen LogP contribution in [0.25, 0.3) is 0 Å². The van der Waals surface area contributed by atoms with Crippen LogP contribution >= 0.6 is 11.6 Å². The lowest BCUT2D eigenvalue weighted by molar-refractivity contribution is 0.0696. The van der Waals surface area contributed by atoms with Gasteiger partial charge >= 0.3 is 5.97 Å². The summed E-state index contributed by atoms with van der Waals surface area (Å²) in [6.45, 7) is 2.54. The van der Waals surface area contributed by atoms with Gasteiger partial charge in [0.15, 0.2) is 11.5 Å². The number of benzene rings is 2. The molecule has 0 unspecified atom stereocenters. The van der Waals surface area contributed by atoms with Gasteiger partial charge in [0.2, 0.25) is 0 Å². The normalized spacial score (nSPS) is 10.2. The highest BCUT2D eigenvalue weighted by Crippen LogP contribution is 2.37. The zero-order valence-corrected chi connectivity index (χ0v) is 12.3. The largest absolute Gasteiger partial charge is 0.488 e. The van der Waals surface area contributed by atoms with E-state index >= 15 is 0 Å². The molecular formula is C16H15ClO4. The molecular weight excluding hydrogens is 292 g/mol. The van der Waals surface area contributed by atoms with Crippen molar-refractivity contribution in [1.82, 2.24) is 0 Å². The molecule has 2 aromatic carbocycles. The van der Waals surface area contributed by atoms with Gasteiger partial charge in [-0.25, -0.2) is 4.79 Å². The zero-order chi connectivity index (χ0) is 15.2. The summed E-state index contributed by atoms with van der Waals surface area (Å²) in [6, 6.07) is 12.3. The number of carboxylic acids is 1. The molecule has 1 N–H and O–H groups in total. The van der Waals surface area contributed by atoms with E-state index in [9.17, 15) is 4.79 Å². The van der Waals surface area contributed by atoms with Gasteiger partial charge in [-0.3, -0.25) is 0 Å². The number of hydrogen-bond donors (Lipinski definition) is 1. The van der Waals surface area contributed by atoms with Crippen LogP contribution in [-0.4, -0.2) is 17.7 Å². The van der Waals surface area contributed by atoms with Crippen LogP contribution in [0.5, 0.6) is 11.5 Å². The van der Waals surface area contributed by atoms with Gasteiger partial charge in [0.25, 0.3) is 0 Å². The Morgan fingerprint density at radius 2 is 1.90 bits per heavy atom. The zero-order valence-electron chi connectivity index (χ0n) is 11.5. The predicted molar refractivity (Wildman–Crippen MR) is 80.4 cm³/mol. The first kappa shape index (κ1) is 15.2. The van der Waals surface area contributed by atoms with E-state index in [-0.39, 0.29) is 10.6 Å². The Hall–Kier alpha value is -2.20. The topological polar surface area (TPSA) is 55.8 Å². The van der Waals surface area contributed by atoms with E-state index < -0.39 is 5.97 Å². The number of halogens is 1. The average molecular weight is 307 g/mol. The van der Waals surface area contributed by atoms with E-state index in [0.717, 1.165) is 5.56 Å². The quantitative estimate of drug-likeness (QED) is 0.876. The van der Waals surface area contributed by atoms with E-state index in [4.69, 9.17) is 26.2 Å². The molecule has 0 aromatic heterocycles. The molecule has 0 saturated heterocycles. The molecule has 0 radical (unpaired) electrons. The second kappa shape index (κ2) is 6.99. The third kappa shape index (κ3) is 3.89. The summed E-state index contributed by atoms with van der Waals surface area (Å²) in [5, 5.41) is 9.31. The number of hydrogen-bond acceptors (Lipinski definition) is 3. The molecule has 0 amide bonds. The standard InChI is InChI=1S/C16H15ClO4/c1-2-20-15-13(17)8-12(16(18)19)9-14(15)21-10-11-6-4-3-5-7-11/h3-9H,2,10H2,1H3,(H,18,19). The Morgan fingerprint density at radius 1 is 1.19 bits per heavy atom. The van der Waals surface area contributed by atoms with Crippen LogP contribution in [-0.2, 0) is 6.61 Å². The van der Waals surface area contributed by atoms with Gasteiger partial charge in [-0.1, -0.05) is 41.9 Å². The van der Waals surface area contributed by atoms with Gasteiger partial charge < -0.3 is 14.6 Å². The van der Waals surface area contributed by atoms with Crippen molar-refractivity contribution in [2.24, 2.45) is 0 Å². The summed E-state index contributed by atoms with van der Waals surface area (Å²) in [4.78, 5) is 11.1. The minimum atomic E-state index is -1.07. The van der Waals surface area contributed by atoms with Crippen molar-refractivity contribution >= 4 is 17.6 Å². The van der Waals surface area contributed by atoms with Crippen LogP contribution in [0, 0.1) is 0 Å². The van der Waals surface area contributed by atoms with Crippen LogP contribution < -0.4 is 9.47 Å². The summed E-state index contributed by atoms with van der Waals surface area (Å²) in [5.74, 6) is -0.379. The number of aromatic carboxylic acids is 1. The number of ether oxygens (including phenoxy) is 2. The maximum absolute atomic E-state index is 11.1. The summed E-state index contributed by atoms with van der Waals surface area (Å²) in [7, 11) is 0. The second-order valence-electron chi connectivity index (χ2n) is 4.30. The Bertz CT molecular complexity index is 626. The first-order valence-electron chi connectivity index (χ1n) is 6.48. The van der Waals surface area contributed by atoms with Crippen LogP contribution in [0.3, 0.4) is 0 Å². The Kier molecular flexibility index (Phi) is 5.06. The molecule has 0 saturated carbocycles. The van der Waals surface area contributed by atoms with E-state index in [0.29, 0.717) is 24.7 Å². The van der Waals surface area contributed by atoms with Crippen LogP contribution in [0.4, 0.5) is 0 Å². The van der Waals surface area contributed by atoms with Crippen molar-refractivity contribution in [3.63, 3.8) is 0 Å². The maximum atomic E-state index is 11.1. The lowest BCUT2D eigenvalue weighted by Crippen LogP contribution is -2.03. The molecule has 0 spiro atoms. The van der Waals surface area contributed by atoms with E-state index in [1.54, 1.807) is 0 Å². The monoisotopic (exact) mass is 306 g/mol. The molecule has 21 heavy (non-hydrogen) atoms. The molecule has 2 aromatic rings. The van der Waals surface area contributed by atoms with Crippen LogP contribution in [0.2, 0.25) is 5.02 Å². The molecule has 0 bridgehead atoms. The van der Waals surface area contributed by atoms with Gasteiger partial charge in [-0.05, 0) is 24.6 Å². The highest BCUT2D eigenvalue weighted by molar-refractivity contribution is 6.32. The van der Waals surface area contributed by atoms with Gasteiger partial charge in [0.1, 0.15) is 6.61 Å². The second-order valence-corrected chi connectivity index (χ2v) is 4.70. The minimum absolute atomic E-state index is 0.0616. The smallest absolute Gasteiger partial charge is 0.335 e. The van der Waals surface area contributed by atoms with E-state index in [1.807, 2.05) is 37.3 Å². The highest BCUT2D eigenvalue weighted by atomic mass is 35.5. The van der Waals surface area contributed by atoms with E-state index in [2.05, 4.69) is 0 Å². The molecule has 0 heterocycles. The van der Waals surface area contributed by atoms with Gasteiger partial charge in [0.05, 0.1) is 17.2 Å². The van der Waals surface area contributed by atoms with Gasteiger partial charge in [0, 0.05) is 0 Å². The molecule has 5 heteroatoms. The fourth-order valence-electron chi connectivity index (χ4n) is 1.82. The molecule has 0 aliphatic heterocycles. The van der Waals surface area contributed by atoms with Crippen molar-refractivity contribution in [1.29, 1.82) is 0 Å². The van der Waals surface area contributed by atoms with Crippen molar-refractivity contribution in [2.45, 2.75) is 13.5 Å². The number of carboxylic acid groups (broad SMARTS) is 1. The maximum Gasteiger partial charge on any atom is 0.335 e. The molecule has 4 nitrogen and oxygen atoms in total. The molecule has 0 atom stereocenters. The van der Waals surface area contributed by atoms with Crippen LogP contribution in [0.15, 0.2) is 42.5 Å². The minimum Gasteiger partial charge on any atom is -0.488 e. The summed E-state index contributed by atoms with van der Waals surface area (Å²) in [6.07, 6.45) is 0. The van der Waals surface area contributed by atoms with Crippen molar-refractivity contribution in [3.8, 4) is 11.5 Å². The van der Waals surface area contributed by atoms with Crippen molar-refractivity contribution < 1.29 is 19.4 Å². The Labute approximate surface area is 127 Å². The lowest BCUT2D eigenvalue weighted by Gasteiger charge is -2.14. The van der Waals surface area contributed by atoms with Gasteiger partial charge in [-0.15, -0.1) is 0 Å². The summed E-state index contributed by atoms with van der Waals surface area (Å²) in [5.41, 5.74) is 1.03. The highest BCUT2D eigenvalue weighted by Gasteiger charge is 2.15. The Morgan fingerprint density at radius 3 is 2.52 bits per heavy atom. The van der Waals surface area contributed by atoms with Crippen LogP contribution in [0.1, 0.15) is 22.8 Å².